The maximum absolute atomic E-state index is 4.16. The van der Waals surface area contributed by atoms with Gasteiger partial charge in [-0.25, -0.2) is 9.97 Å². The normalized spacial score (nSPS) is 10.3. The SMILES string of the molecule is CCCNc1cc(NCc2nncn2C)ncn1. The fourth-order valence-electron chi connectivity index (χ4n) is 1.44. The Bertz CT molecular complexity index is 494. The van der Waals surface area contributed by atoms with Crippen molar-refractivity contribution in [2.24, 2.45) is 7.05 Å². The molecule has 0 fully saturated rings. The number of hydrogen-bond acceptors (Lipinski definition) is 6. The van der Waals surface area contributed by atoms with Gasteiger partial charge in [0.1, 0.15) is 24.3 Å². The van der Waals surface area contributed by atoms with E-state index in [2.05, 4.69) is 37.7 Å². The van der Waals surface area contributed by atoms with Gasteiger partial charge in [-0.3, -0.25) is 0 Å². The molecule has 0 saturated carbocycles. The van der Waals surface area contributed by atoms with Crippen molar-refractivity contribution in [2.45, 2.75) is 19.9 Å². The summed E-state index contributed by atoms with van der Waals surface area (Å²) in [6.07, 6.45) is 4.27. The van der Waals surface area contributed by atoms with E-state index < -0.39 is 0 Å². The fourth-order valence-corrected chi connectivity index (χ4v) is 1.44. The Morgan fingerprint density at radius 1 is 1.22 bits per heavy atom. The summed E-state index contributed by atoms with van der Waals surface area (Å²) in [5.41, 5.74) is 0. The Morgan fingerprint density at radius 3 is 2.67 bits per heavy atom. The molecule has 0 saturated heterocycles. The van der Waals surface area contributed by atoms with Crippen LogP contribution in [-0.4, -0.2) is 31.3 Å². The summed E-state index contributed by atoms with van der Waals surface area (Å²) in [5, 5.41) is 14.2. The molecule has 2 rings (SSSR count). The van der Waals surface area contributed by atoms with Crippen molar-refractivity contribution in [3.8, 4) is 0 Å². The lowest BCUT2D eigenvalue weighted by atomic mass is 10.4. The van der Waals surface area contributed by atoms with Crippen LogP contribution in [0.25, 0.3) is 0 Å². The van der Waals surface area contributed by atoms with Crippen LogP contribution >= 0.6 is 0 Å². The second kappa shape index (κ2) is 5.95. The molecule has 7 nitrogen and oxygen atoms in total. The number of anilines is 2. The van der Waals surface area contributed by atoms with Crippen LogP contribution in [0, 0.1) is 0 Å². The number of nitrogens with one attached hydrogen (secondary N) is 2. The van der Waals surface area contributed by atoms with E-state index in [0.29, 0.717) is 6.54 Å². The first-order valence-corrected chi connectivity index (χ1v) is 5.92. The zero-order chi connectivity index (χ0) is 12.8. The first kappa shape index (κ1) is 12.3. The lowest BCUT2D eigenvalue weighted by Crippen LogP contribution is -2.08. The molecule has 0 radical (unpaired) electrons. The molecule has 2 heterocycles. The van der Waals surface area contributed by atoms with Crippen molar-refractivity contribution in [3.05, 3.63) is 24.5 Å². The van der Waals surface area contributed by atoms with Crippen molar-refractivity contribution in [2.75, 3.05) is 17.2 Å². The van der Waals surface area contributed by atoms with Gasteiger partial charge in [-0.05, 0) is 6.42 Å². The topological polar surface area (TPSA) is 80.5 Å². The Labute approximate surface area is 106 Å². The molecule has 0 spiro atoms. The molecule has 18 heavy (non-hydrogen) atoms. The third-order valence-electron chi connectivity index (χ3n) is 2.46. The van der Waals surface area contributed by atoms with Crippen LogP contribution in [0.5, 0.6) is 0 Å². The van der Waals surface area contributed by atoms with E-state index in [1.54, 1.807) is 6.33 Å². The van der Waals surface area contributed by atoms with E-state index in [9.17, 15) is 0 Å². The quantitative estimate of drug-likeness (QED) is 0.794. The van der Waals surface area contributed by atoms with Gasteiger partial charge in [-0.1, -0.05) is 6.92 Å². The summed E-state index contributed by atoms with van der Waals surface area (Å²) in [5.74, 6) is 2.45. The second-order valence-electron chi connectivity index (χ2n) is 3.93. The minimum atomic E-state index is 0.584. The number of rotatable bonds is 6. The highest BCUT2D eigenvalue weighted by Gasteiger charge is 2.02. The van der Waals surface area contributed by atoms with E-state index in [4.69, 9.17) is 0 Å². The lowest BCUT2D eigenvalue weighted by Gasteiger charge is -2.07. The Kier molecular flexibility index (Phi) is 4.06. The van der Waals surface area contributed by atoms with E-state index in [1.165, 1.54) is 6.33 Å². The van der Waals surface area contributed by atoms with E-state index >= 15 is 0 Å². The number of nitrogens with zero attached hydrogens (tertiary/aromatic N) is 5. The minimum absolute atomic E-state index is 0.584. The first-order valence-electron chi connectivity index (χ1n) is 5.92. The molecular weight excluding hydrogens is 230 g/mol. The van der Waals surface area contributed by atoms with Gasteiger partial charge in [0, 0.05) is 19.7 Å². The van der Waals surface area contributed by atoms with Crippen molar-refractivity contribution in [3.63, 3.8) is 0 Å². The Balaban J connectivity index is 1.95. The molecule has 0 aliphatic rings. The van der Waals surface area contributed by atoms with Crippen LogP contribution in [0.3, 0.4) is 0 Å². The van der Waals surface area contributed by atoms with Gasteiger partial charge < -0.3 is 15.2 Å². The van der Waals surface area contributed by atoms with Gasteiger partial charge >= 0.3 is 0 Å². The highest BCUT2D eigenvalue weighted by Crippen LogP contribution is 2.09. The van der Waals surface area contributed by atoms with Gasteiger partial charge in [-0.2, -0.15) is 0 Å². The molecular formula is C11H17N7. The number of aromatic nitrogens is 5. The van der Waals surface area contributed by atoms with E-state index in [0.717, 1.165) is 30.4 Å². The molecule has 2 aromatic heterocycles. The molecule has 0 aliphatic heterocycles. The highest BCUT2D eigenvalue weighted by molar-refractivity contribution is 5.46. The van der Waals surface area contributed by atoms with Crippen LogP contribution < -0.4 is 10.6 Å². The first-order chi connectivity index (χ1) is 8.79. The van der Waals surface area contributed by atoms with Gasteiger partial charge in [0.2, 0.25) is 0 Å². The molecule has 2 N–H and O–H groups in total. The molecule has 0 aliphatic carbocycles. The summed E-state index contributed by atoms with van der Waals surface area (Å²) >= 11 is 0. The molecule has 7 heteroatoms. The molecule has 0 aromatic carbocycles. The average molecular weight is 247 g/mol. The summed E-state index contributed by atoms with van der Waals surface area (Å²) in [4.78, 5) is 8.30. The standard InChI is InChI=1S/C11H17N7/c1-3-4-12-9-5-10(15-7-14-9)13-6-11-17-16-8-18(11)2/h5,7-8H,3-4,6H2,1-2H3,(H2,12,13,14,15). The van der Waals surface area contributed by atoms with E-state index in [-0.39, 0.29) is 0 Å². The maximum atomic E-state index is 4.16. The second-order valence-corrected chi connectivity index (χ2v) is 3.93. The molecule has 0 amide bonds. The van der Waals surface area contributed by atoms with Gasteiger partial charge in [0.05, 0.1) is 6.54 Å². The van der Waals surface area contributed by atoms with Crippen molar-refractivity contribution in [1.29, 1.82) is 0 Å². The fraction of sp³-hybridized carbons (Fsp3) is 0.455. The lowest BCUT2D eigenvalue weighted by molar-refractivity contribution is 0.809. The monoisotopic (exact) mass is 247 g/mol. The third kappa shape index (κ3) is 3.16. The molecule has 0 bridgehead atoms. The molecule has 2 aromatic rings. The van der Waals surface area contributed by atoms with Crippen LogP contribution in [0.1, 0.15) is 19.2 Å². The molecule has 96 valence electrons. The Hall–Kier alpha value is -2.18. The van der Waals surface area contributed by atoms with Crippen LogP contribution in [0.2, 0.25) is 0 Å². The van der Waals surface area contributed by atoms with Crippen LogP contribution in [0.15, 0.2) is 18.7 Å². The predicted molar refractivity (Wildman–Crippen MR) is 69.1 cm³/mol. The number of aryl methyl sites for hydroxylation is 1. The van der Waals surface area contributed by atoms with Gasteiger partial charge in [0.15, 0.2) is 5.82 Å². The van der Waals surface area contributed by atoms with Crippen LogP contribution in [0.4, 0.5) is 11.6 Å². The average Bonchev–Trinajstić information content (AvgIpc) is 2.80. The smallest absolute Gasteiger partial charge is 0.151 e. The van der Waals surface area contributed by atoms with Crippen molar-refractivity contribution >= 4 is 11.6 Å². The van der Waals surface area contributed by atoms with Gasteiger partial charge in [-0.15, -0.1) is 10.2 Å². The van der Waals surface area contributed by atoms with Crippen molar-refractivity contribution in [1.82, 2.24) is 24.7 Å². The summed E-state index contributed by atoms with van der Waals surface area (Å²) < 4.78 is 1.87. The van der Waals surface area contributed by atoms with Crippen LogP contribution in [-0.2, 0) is 13.6 Å². The number of hydrogen-bond donors (Lipinski definition) is 2. The van der Waals surface area contributed by atoms with Gasteiger partial charge in [0.25, 0.3) is 0 Å². The molecule has 0 atom stereocenters. The largest absolute Gasteiger partial charge is 0.370 e. The zero-order valence-electron chi connectivity index (χ0n) is 10.6. The summed E-state index contributed by atoms with van der Waals surface area (Å²) in [6.45, 7) is 3.60. The third-order valence-corrected chi connectivity index (χ3v) is 2.46. The Morgan fingerprint density at radius 2 is 2.00 bits per heavy atom. The summed E-state index contributed by atoms with van der Waals surface area (Å²) in [7, 11) is 1.91. The molecule has 0 unspecified atom stereocenters. The zero-order valence-corrected chi connectivity index (χ0v) is 10.6. The summed E-state index contributed by atoms with van der Waals surface area (Å²) in [6, 6.07) is 1.88. The van der Waals surface area contributed by atoms with E-state index in [1.807, 2.05) is 17.7 Å². The highest BCUT2D eigenvalue weighted by atomic mass is 15.3. The minimum Gasteiger partial charge on any atom is -0.370 e. The predicted octanol–water partition coefficient (Wildman–Crippen LogP) is 1.04. The maximum Gasteiger partial charge on any atom is 0.151 e. The van der Waals surface area contributed by atoms with Crippen molar-refractivity contribution < 1.29 is 0 Å².